The number of hydrogen-bond donors (Lipinski definition) is 0. The maximum atomic E-state index is 13.1. The quantitative estimate of drug-likeness (QED) is 0.693. The van der Waals surface area contributed by atoms with Crippen LogP contribution in [0, 0.1) is 5.92 Å². The van der Waals surface area contributed by atoms with Crippen molar-refractivity contribution >= 4 is 37.5 Å². The second kappa shape index (κ2) is 8.57. The van der Waals surface area contributed by atoms with Gasteiger partial charge in [0.25, 0.3) is 0 Å². The fourth-order valence-electron chi connectivity index (χ4n) is 3.95. The molecule has 2 aromatic rings. The van der Waals surface area contributed by atoms with E-state index in [4.69, 9.17) is 0 Å². The molecule has 1 saturated heterocycles. The smallest absolute Gasteiger partial charge is 0.308 e. The van der Waals surface area contributed by atoms with Gasteiger partial charge in [0.1, 0.15) is 0 Å². The summed E-state index contributed by atoms with van der Waals surface area (Å²) in [5, 5.41) is 0. The molecule has 2 heterocycles. The van der Waals surface area contributed by atoms with Crippen LogP contribution in [0.1, 0.15) is 46.6 Å². The average Bonchev–Trinajstić information content (AvgIpc) is 3.04. The summed E-state index contributed by atoms with van der Waals surface area (Å²) in [4.78, 5) is 26.7. The molecule has 0 spiro atoms. The van der Waals surface area contributed by atoms with Crippen LogP contribution in [0.25, 0.3) is 10.2 Å². The maximum Gasteiger partial charge on any atom is 0.308 e. The van der Waals surface area contributed by atoms with Gasteiger partial charge in [0.15, 0.2) is 0 Å². The molecule has 1 aromatic carbocycles. The molecule has 0 atom stereocenters. The van der Waals surface area contributed by atoms with E-state index in [2.05, 4.69) is 0 Å². The summed E-state index contributed by atoms with van der Waals surface area (Å²) in [5.41, 5.74) is 0.762. The number of nitrogens with zero attached hydrogens (tertiary/aromatic N) is 3. The zero-order valence-electron chi connectivity index (χ0n) is 17.4. The normalized spacial score (nSPS) is 16.6. The highest BCUT2D eigenvalue weighted by molar-refractivity contribution is 7.89. The molecule has 1 aromatic heterocycles. The van der Waals surface area contributed by atoms with Crippen LogP contribution in [0.3, 0.4) is 0 Å². The predicted octanol–water partition coefficient (Wildman–Crippen LogP) is 2.91. The van der Waals surface area contributed by atoms with Crippen LogP contribution in [0.15, 0.2) is 27.9 Å². The molecule has 1 fully saturated rings. The Bertz CT molecular complexity index is 1040. The number of amides is 1. The Morgan fingerprint density at radius 2 is 1.83 bits per heavy atom. The Balaban J connectivity index is 1.80. The maximum absolute atomic E-state index is 13.1. The van der Waals surface area contributed by atoms with Gasteiger partial charge in [-0.05, 0) is 58.7 Å². The Labute approximate surface area is 176 Å². The highest BCUT2D eigenvalue weighted by Gasteiger charge is 2.33. The molecule has 0 unspecified atom stereocenters. The molecule has 29 heavy (non-hydrogen) atoms. The summed E-state index contributed by atoms with van der Waals surface area (Å²) in [7, 11) is -3.65. The third kappa shape index (κ3) is 4.13. The van der Waals surface area contributed by atoms with Gasteiger partial charge in [-0.15, -0.1) is 0 Å². The van der Waals surface area contributed by atoms with Gasteiger partial charge in [-0.1, -0.05) is 11.3 Å². The van der Waals surface area contributed by atoms with Crippen LogP contribution >= 0.6 is 11.3 Å². The van der Waals surface area contributed by atoms with E-state index < -0.39 is 10.0 Å². The van der Waals surface area contributed by atoms with E-state index in [0.29, 0.717) is 43.7 Å². The molecule has 0 aliphatic carbocycles. The van der Waals surface area contributed by atoms with Gasteiger partial charge in [-0.2, -0.15) is 4.31 Å². The Morgan fingerprint density at radius 1 is 1.21 bits per heavy atom. The van der Waals surface area contributed by atoms with E-state index >= 15 is 0 Å². The number of rotatable bonds is 6. The number of fused-ring (bicyclic) bond motifs is 1. The molecule has 0 saturated carbocycles. The third-order valence-corrected chi connectivity index (χ3v) is 8.43. The first-order valence-electron chi connectivity index (χ1n) is 10.1. The average molecular weight is 440 g/mol. The van der Waals surface area contributed by atoms with E-state index in [0.717, 1.165) is 16.9 Å². The number of piperidine rings is 1. The Morgan fingerprint density at radius 3 is 2.38 bits per heavy atom. The molecule has 9 heteroatoms. The molecule has 3 rings (SSSR count). The standard InChI is InChI=1S/C20H29N3O4S2/c1-5-21(6-2)19(24)15-9-11-22(12-10-15)29(26,27)16-7-8-17-18(13-16)28-20(25)23(17)14(3)4/h7-8,13-15H,5-6,9-12H2,1-4H3. The fourth-order valence-corrected chi connectivity index (χ4v) is 6.58. The summed E-state index contributed by atoms with van der Waals surface area (Å²) in [6, 6.07) is 4.91. The van der Waals surface area contributed by atoms with Gasteiger partial charge in [-0.3, -0.25) is 14.2 Å². The van der Waals surface area contributed by atoms with Crippen molar-refractivity contribution in [3.05, 3.63) is 27.9 Å². The van der Waals surface area contributed by atoms with Gasteiger partial charge < -0.3 is 4.90 Å². The summed E-state index contributed by atoms with van der Waals surface area (Å²) in [6.07, 6.45) is 1.07. The molecule has 0 bridgehead atoms. The SMILES string of the molecule is CCN(CC)C(=O)C1CCN(S(=O)(=O)c2ccc3c(c2)sc(=O)n3C(C)C)CC1. The Hall–Kier alpha value is -1.71. The zero-order chi connectivity index (χ0) is 21.3. The third-order valence-electron chi connectivity index (χ3n) is 5.62. The molecule has 0 radical (unpaired) electrons. The topological polar surface area (TPSA) is 79.7 Å². The number of sulfonamides is 1. The first-order valence-corrected chi connectivity index (χ1v) is 12.4. The van der Waals surface area contributed by atoms with E-state index in [9.17, 15) is 18.0 Å². The van der Waals surface area contributed by atoms with E-state index in [1.165, 1.54) is 4.31 Å². The summed E-state index contributed by atoms with van der Waals surface area (Å²) in [6.45, 7) is 9.79. The number of aromatic nitrogens is 1. The van der Waals surface area contributed by atoms with Crippen LogP contribution in [0.4, 0.5) is 0 Å². The molecular formula is C20H29N3O4S2. The highest BCUT2D eigenvalue weighted by atomic mass is 32.2. The minimum atomic E-state index is -3.65. The van der Waals surface area contributed by atoms with Crippen molar-refractivity contribution in [2.24, 2.45) is 5.92 Å². The van der Waals surface area contributed by atoms with E-state index in [1.54, 1.807) is 22.8 Å². The van der Waals surface area contributed by atoms with Crippen molar-refractivity contribution in [2.45, 2.75) is 51.5 Å². The van der Waals surface area contributed by atoms with Crippen molar-refractivity contribution in [3.63, 3.8) is 0 Å². The van der Waals surface area contributed by atoms with Crippen LogP contribution < -0.4 is 4.87 Å². The van der Waals surface area contributed by atoms with E-state index in [-0.39, 0.29) is 27.6 Å². The van der Waals surface area contributed by atoms with Crippen molar-refractivity contribution in [3.8, 4) is 0 Å². The number of thiazole rings is 1. The highest BCUT2D eigenvalue weighted by Crippen LogP contribution is 2.28. The predicted molar refractivity (Wildman–Crippen MR) is 116 cm³/mol. The number of benzene rings is 1. The first kappa shape index (κ1) is 22.0. The minimum absolute atomic E-state index is 0.0149. The van der Waals surface area contributed by atoms with Crippen LogP contribution in [-0.4, -0.2) is 54.3 Å². The summed E-state index contributed by atoms with van der Waals surface area (Å²) < 4.78 is 30.1. The molecule has 0 N–H and O–H groups in total. The fraction of sp³-hybridized carbons (Fsp3) is 0.600. The van der Waals surface area contributed by atoms with Crippen LogP contribution in [0.2, 0.25) is 0 Å². The number of carbonyl (C=O) groups excluding carboxylic acids is 1. The lowest BCUT2D eigenvalue weighted by Gasteiger charge is -2.33. The monoisotopic (exact) mass is 439 g/mol. The van der Waals surface area contributed by atoms with E-state index in [1.807, 2.05) is 32.6 Å². The summed E-state index contributed by atoms with van der Waals surface area (Å²) in [5.74, 6) is 0.00224. The Kier molecular flexibility index (Phi) is 6.50. The largest absolute Gasteiger partial charge is 0.343 e. The van der Waals surface area contributed by atoms with Gasteiger partial charge >= 0.3 is 4.87 Å². The zero-order valence-corrected chi connectivity index (χ0v) is 19.1. The number of hydrogen-bond acceptors (Lipinski definition) is 5. The van der Waals surface area contributed by atoms with Crippen molar-refractivity contribution in [1.82, 2.24) is 13.8 Å². The lowest BCUT2D eigenvalue weighted by molar-refractivity contribution is -0.136. The van der Waals surface area contributed by atoms with Gasteiger partial charge in [0.05, 0.1) is 15.1 Å². The van der Waals surface area contributed by atoms with Crippen LogP contribution in [0.5, 0.6) is 0 Å². The van der Waals surface area contributed by atoms with Gasteiger partial charge in [0, 0.05) is 38.1 Å². The molecule has 160 valence electrons. The first-order chi connectivity index (χ1) is 13.7. The molecule has 1 aliphatic rings. The second-order valence-electron chi connectivity index (χ2n) is 7.65. The lowest BCUT2D eigenvalue weighted by Crippen LogP contribution is -2.44. The summed E-state index contributed by atoms with van der Waals surface area (Å²) >= 11 is 1.07. The molecule has 7 nitrogen and oxygen atoms in total. The van der Waals surface area contributed by atoms with Crippen LogP contribution in [-0.2, 0) is 14.8 Å². The molecular weight excluding hydrogens is 410 g/mol. The molecule has 1 aliphatic heterocycles. The minimum Gasteiger partial charge on any atom is -0.343 e. The van der Waals surface area contributed by atoms with Crippen molar-refractivity contribution in [1.29, 1.82) is 0 Å². The molecule has 1 amide bonds. The van der Waals surface area contributed by atoms with Gasteiger partial charge in [0.2, 0.25) is 15.9 Å². The number of carbonyl (C=O) groups is 1. The van der Waals surface area contributed by atoms with Crippen molar-refractivity contribution in [2.75, 3.05) is 26.2 Å². The second-order valence-corrected chi connectivity index (χ2v) is 10.6. The van der Waals surface area contributed by atoms with Gasteiger partial charge in [-0.25, -0.2) is 8.42 Å². The van der Waals surface area contributed by atoms with Crippen molar-refractivity contribution < 1.29 is 13.2 Å². The lowest BCUT2D eigenvalue weighted by atomic mass is 9.96.